The van der Waals surface area contributed by atoms with Crippen molar-refractivity contribution in [1.29, 1.82) is 0 Å². The molecule has 0 saturated carbocycles. The van der Waals surface area contributed by atoms with Gasteiger partial charge in [-0.2, -0.15) is 0 Å². The van der Waals surface area contributed by atoms with Crippen molar-refractivity contribution in [1.82, 2.24) is 0 Å². The largest absolute Gasteiger partial charge is 0.497 e. The van der Waals surface area contributed by atoms with Gasteiger partial charge in [0.15, 0.2) is 0 Å². The fourth-order valence-corrected chi connectivity index (χ4v) is 3.38. The van der Waals surface area contributed by atoms with E-state index in [2.05, 4.69) is 0 Å². The van der Waals surface area contributed by atoms with Crippen LogP contribution in [0, 0.1) is 0 Å². The zero-order chi connectivity index (χ0) is 16.9. The molecule has 0 N–H and O–H groups in total. The zero-order valence-corrected chi connectivity index (χ0v) is 14.4. The molecule has 0 aliphatic carbocycles. The topological polar surface area (TPSA) is 44.8 Å². The Labute approximate surface area is 144 Å². The number of ether oxygens (including phenoxy) is 3. The second-order valence-electron chi connectivity index (χ2n) is 5.26. The molecule has 1 heterocycles. The first kappa shape index (κ1) is 16.3. The van der Waals surface area contributed by atoms with E-state index in [1.54, 1.807) is 14.2 Å². The average molecular weight is 342 g/mol. The summed E-state index contributed by atoms with van der Waals surface area (Å²) in [4.78, 5) is 12.8. The van der Waals surface area contributed by atoms with E-state index in [1.165, 1.54) is 11.3 Å². The van der Waals surface area contributed by atoms with Crippen LogP contribution in [-0.4, -0.2) is 26.8 Å². The molecule has 0 fully saturated rings. The van der Waals surface area contributed by atoms with Gasteiger partial charge in [0, 0.05) is 17.2 Å². The van der Waals surface area contributed by atoms with E-state index in [4.69, 9.17) is 14.2 Å². The summed E-state index contributed by atoms with van der Waals surface area (Å²) in [7, 11) is 3.22. The van der Waals surface area contributed by atoms with E-state index in [-0.39, 0.29) is 5.97 Å². The number of esters is 1. The number of thiophene rings is 1. The summed E-state index contributed by atoms with van der Waals surface area (Å²) < 4.78 is 17.0. The molecule has 0 amide bonds. The van der Waals surface area contributed by atoms with Crippen LogP contribution in [0.3, 0.4) is 0 Å². The minimum Gasteiger partial charge on any atom is -0.497 e. The van der Waals surface area contributed by atoms with Crippen molar-refractivity contribution < 1.29 is 19.0 Å². The highest BCUT2D eigenvalue weighted by Gasteiger charge is 2.11. The number of hydrogen-bond acceptors (Lipinski definition) is 5. The minimum atomic E-state index is -0.286. The Hall–Kier alpha value is -2.53. The van der Waals surface area contributed by atoms with E-state index in [0.29, 0.717) is 17.9 Å². The maximum absolute atomic E-state index is 12.2. The van der Waals surface area contributed by atoms with E-state index in [0.717, 1.165) is 27.1 Å². The standard InChI is InChI=1S/C19H18O4S/c1-21-15-9-13(10-16(12-15)22-2)7-8-23-19(20)18-11-14-5-3-4-6-17(14)24-18/h3-6,9-12H,7-8H2,1-2H3. The van der Waals surface area contributed by atoms with Crippen LogP contribution >= 0.6 is 11.3 Å². The predicted molar refractivity (Wildman–Crippen MR) is 95.4 cm³/mol. The van der Waals surface area contributed by atoms with Crippen molar-refractivity contribution >= 4 is 27.4 Å². The van der Waals surface area contributed by atoms with Crippen LogP contribution in [0.1, 0.15) is 15.2 Å². The Morgan fingerprint density at radius 1 is 1.00 bits per heavy atom. The van der Waals surface area contributed by atoms with Crippen LogP contribution in [-0.2, 0) is 11.2 Å². The van der Waals surface area contributed by atoms with Gasteiger partial charge in [0.05, 0.1) is 20.8 Å². The summed E-state index contributed by atoms with van der Waals surface area (Å²) in [5.74, 6) is 1.16. The molecule has 5 heteroatoms. The van der Waals surface area contributed by atoms with Crippen LogP contribution in [0.4, 0.5) is 0 Å². The van der Waals surface area contributed by atoms with E-state index >= 15 is 0 Å². The minimum absolute atomic E-state index is 0.286. The molecular formula is C19H18O4S. The number of benzene rings is 2. The molecule has 1 aromatic heterocycles. The van der Waals surface area contributed by atoms with Crippen LogP contribution in [0.5, 0.6) is 11.5 Å². The fraction of sp³-hybridized carbons (Fsp3) is 0.211. The lowest BCUT2D eigenvalue weighted by Crippen LogP contribution is -2.06. The van der Waals surface area contributed by atoms with Gasteiger partial charge in [0.1, 0.15) is 16.4 Å². The third kappa shape index (κ3) is 3.68. The highest BCUT2D eigenvalue weighted by Crippen LogP contribution is 2.26. The Morgan fingerprint density at radius 3 is 2.38 bits per heavy atom. The molecule has 0 spiro atoms. The molecule has 0 saturated heterocycles. The maximum atomic E-state index is 12.2. The number of methoxy groups -OCH3 is 2. The fourth-order valence-electron chi connectivity index (χ4n) is 2.43. The van der Waals surface area contributed by atoms with Crippen molar-refractivity contribution in [3.8, 4) is 11.5 Å². The quantitative estimate of drug-likeness (QED) is 0.626. The smallest absolute Gasteiger partial charge is 0.348 e. The lowest BCUT2D eigenvalue weighted by atomic mass is 10.1. The van der Waals surface area contributed by atoms with Crippen molar-refractivity contribution in [3.63, 3.8) is 0 Å². The first-order chi connectivity index (χ1) is 11.7. The molecule has 0 aliphatic rings. The van der Waals surface area contributed by atoms with Crippen molar-refractivity contribution in [3.05, 3.63) is 59.0 Å². The summed E-state index contributed by atoms with van der Waals surface area (Å²) in [5, 5.41) is 1.06. The summed E-state index contributed by atoms with van der Waals surface area (Å²) in [6, 6.07) is 15.4. The Morgan fingerprint density at radius 2 is 1.71 bits per heavy atom. The lowest BCUT2D eigenvalue weighted by Gasteiger charge is -2.08. The summed E-state index contributed by atoms with van der Waals surface area (Å²) in [6.07, 6.45) is 0.601. The Balaban J connectivity index is 1.62. The van der Waals surface area contributed by atoms with E-state index in [1.807, 2.05) is 48.5 Å². The maximum Gasteiger partial charge on any atom is 0.348 e. The average Bonchev–Trinajstić information content (AvgIpc) is 3.05. The van der Waals surface area contributed by atoms with Crippen molar-refractivity contribution in [2.75, 3.05) is 20.8 Å². The molecule has 0 bridgehead atoms. The first-order valence-corrected chi connectivity index (χ1v) is 8.39. The second kappa shape index (κ2) is 7.36. The van der Waals surface area contributed by atoms with Crippen LogP contribution in [0.2, 0.25) is 0 Å². The summed E-state index contributed by atoms with van der Waals surface area (Å²) in [6.45, 7) is 0.309. The van der Waals surface area contributed by atoms with Crippen molar-refractivity contribution in [2.45, 2.75) is 6.42 Å². The van der Waals surface area contributed by atoms with Crippen LogP contribution in [0.25, 0.3) is 10.1 Å². The van der Waals surface area contributed by atoms with Crippen LogP contribution in [0.15, 0.2) is 48.5 Å². The van der Waals surface area contributed by atoms with Gasteiger partial charge in [0.2, 0.25) is 0 Å². The lowest BCUT2D eigenvalue weighted by molar-refractivity contribution is 0.0515. The third-order valence-corrected chi connectivity index (χ3v) is 4.76. The van der Waals surface area contributed by atoms with Gasteiger partial charge in [-0.1, -0.05) is 18.2 Å². The van der Waals surface area contributed by atoms with E-state index < -0.39 is 0 Å². The van der Waals surface area contributed by atoms with Crippen LogP contribution < -0.4 is 9.47 Å². The molecule has 0 atom stereocenters. The SMILES string of the molecule is COc1cc(CCOC(=O)c2cc3ccccc3s2)cc(OC)c1. The number of rotatable bonds is 6. The second-order valence-corrected chi connectivity index (χ2v) is 6.34. The molecule has 0 radical (unpaired) electrons. The van der Waals surface area contributed by atoms with Gasteiger partial charge in [-0.25, -0.2) is 4.79 Å². The third-order valence-electron chi connectivity index (χ3n) is 3.66. The number of hydrogen-bond donors (Lipinski definition) is 0. The Bertz CT molecular complexity index is 798. The van der Waals surface area contributed by atoms with Crippen molar-refractivity contribution in [2.24, 2.45) is 0 Å². The molecule has 4 nitrogen and oxygen atoms in total. The predicted octanol–water partition coefficient (Wildman–Crippen LogP) is 4.32. The summed E-state index contributed by atoms with van der Waals surface area (Å²) in [5.41, 5.74) is 0.996. The van der Waals surface area contributed by atoms with Gasteiger partial charge in [-0.05, 0) is 35.2 Å². The molecule has 0 unspecified atom stereocenters. The molecule has 2 aromatic carbocycles. The van der Waals surface area contributed by atoms with Gasteiger partial charge < -0.3 is 14.2 Å². The molecule has 0 aliphatic heterocycles. The van der Waals surface area contributed by atoms with Gasteiger partial charge in [-0.3, -0.25) is 0 Å². The Kier molecular flexibility index (Phi) is 5.01. The van der Waals surface area contributed by atoms with Gasteiger partial charge in [0.25, 0.3) is 0 Å². The highest BCUT2D eigenvalue weighted by atomic mass is 32.1. The molecule has 24 heavy (non-hydrogen) atoms. The highest BCUT2D eigenvalue weighted by molar-refractivity contribution is 7.20. The number of fused-ring (bicyclic) bond motifs is 1. The number of carbonyl (C=O) groups is 1. The molecule has 124 valence electrons. The zero-order valence-electron chi connectivity index (χ0n) is 13.6. The normalized spacial score (nSPS) is 10.6. The molecular weight excluding hydrogens is 324 g/mol. The van der Waals surface area contributed by atoms with Gasteiger partial charge >= 0.3 is 5.97 Å². The molecule has 3 aromatic rings. The monoisotopic (exact) mass is 342 g/mol. The number of carbonyl (C=O) groups excluding carboxylic acids is 1. The first-order valence-electron chi connectivity index (χ1n) is 7.57. The summed E-state index contributed by atoms with van der Waals surface area (Å²) >= 11 is 1.45. The molecule has 3 rings (SSSR count). The van der Waals surface area contributed by atoms with Gasteiger partial charge in [-0.15, -0.1) is 11.3 Å². The van der Waals surface area contributed by atoms with E-state index in [9.17, 15) is 4.79 Å².